The number of fused-ring (bicyclic) bond motifs is 1. The van der Waals surface area contributed by atoms with E-state index in [1.54, 1.807) is 28.8 Å². The van der Waals surface area contributed by atoms with Crippen LogP contribution in [0.25, 0.3) is 10.9 Å². The van der Waals surface area contributed by atoms with Gasteiger partial charge in [-0.2, -0.15) is 0 Å². The number of benzene rings is 3. The molecular formula is C26H22ClN3O3S. The minimum Gasteiger partial charge on any atom is -0.495 e. The average molecular weight is 492 g/mol. The summed E-state index contributed by atoms with van der Waals surface area (Å²) < 4.78 is 6.95. The molecule has 8 heteroatoms. The lowest BCUT2D eigenvalue weighted by atomic mass is 10.1. The fourth-order valence-electron chi connectivity index (χ4n) is 3.82. The third kappa shape index (κ3) is 4.54. The Labute approximate surface area is 205 Å². The van der Waals surface area contributed by atoms with Crippen molar-refractivity contribution in [3.63, 3.8) is 0 Å². The van der Waals surface area contributed by atoms with Crippen LogP contribution in [0.1, 0.15) is 29.7 Å². The van der Waals surface area contributed by atoms with Gasteiger partial charge in [0.25, 0.3) is 5.56 Å². The van der Waals surface area contributed by atoms with Crippen molar-refractivity contribution in [2.75, 3.05) is 12.4 Å². The van der Waals surface area contributed by atoms with Gasteiger partial charge in [-0.05, 0) is 48.7 Å². The van der Waals surface area contributed by atoms with Gasteiger partial charge in [0.05, 0.1) is 23.0 Å². The minimum absolute atomic E-state index is 0.0650. The van der Waals surface area contributed by atoms with E-state index in [0.29, 0.717) is 32.5 Å². The van der Waals surface area contributed by atoms with Gasteiger partial charge in [0.1, 0.15) is 11.0 Å². The normalized spacial score (nSPS) is 14.1. The molecule has 5 rings (SSSR count). The molecule has 0 bridgehead atoms. The molecule has 4 aromatic rings. The van der Waals surface area contributed by atoms with E-state index in [0.717, 1.165) is 18.4 Å². The molecule has 1 N–H and O–H groups in total. The van der Waals surface area contributed by atoms with Gasteiger partial charge in [0, 0.05) is 11.7 Å². The minimum atomic E-state index is -0.625. The molecular weight excluding hydrogens is 470 g/mol. The van der Waals surface area contributed by atoms with Crippen LogP contribution in [0.5, 0.6) is 5.75 Å². The Hall–Kier alpha value is -3.29. The van der Waals surface area contributed by atoms with E-state index in [1.807, 2.05) is 48.5 Å². The van der Waals surface area contributed by atoms with E-state index < -0.39 is 5.25 Å². The predicted octanol–water partition coefficient (Wildman–Crippen LogP) is 5.87. The molecule has 0 radical (unpaired) electrons. The lowest BCUT2D eigenvalue weighted by molar-refractivity contribution is -0.115. The maximum Gasteiger partial charge on any atom is 0.262 e. The zero-order chi connectivity index (χ0) is 23.7. The van der Waals surface area contributed by atoms with Crippen LogP contribution in [0, 0.1) is 0 Å². The zero-order valence-electron chi connectivity index (χ0n) is 18.4. The van der Waals surface area contributed by atoms with Crippen molar-refractivity contribution in [3.8, 4) is 5.75 Å². The number of thioether (sulfide) groups is 1. The van der Waals surface area contributed by atoms with Gasteiger partial charge in [-0.1, -0.05) is 65.8 Å². The van der Waals surface area contributed by atoms with E-state index in [-0.39, 0.29) is 17.5 Å². The summed E-state index contributed by atoms with van der Waals surface area (Å²) in [5.74, 6) is 0.296. The Kier molecular flexibility index (Phi) is 6.30. The van der Waals surface area contributed by atoms with E-state index in [1.165, 1.54) is 18.9 Å². The van der Waals surface area contributed by atoms with Crippen molar-refractivity contribution in [1.82, 2.24) is 9.55 Å². The second kappa shape index (κ2) is 9.52. The van der Waals surface area contributed by atoms with Crippen LogP contribution in [0.15, 0.2) is 82.7 Å². The quantitative estimate of drug-likeness (QED) is 0.259. The summed E-state index contributed by atoms with van der Waals surface area (Å²) in [6.07, 6.45) is 1.86. The molecule has 1 aliphatic carbocycles. The van der Waals surface area contributed by atoms with Crippen LogP contribution in [-0.2, 0) is 4.79 Å². The number of rotatable bonds is 7. The summed E-state index contributed by atoms with van der Waals surface area (Å²) in [5.41, 5.74) is 1.93. The van der Waals surface area contributed by atoms with E-state index >= 15 is 0 Å². The second-order valence-electron chi connectivity index (χ2n) is 8.07. The first-order chi connectivity index (χ1) is 16.5. The first-order valence-electron chi connectivity index (χ1n) is 10.9. The van der Waals surface area contributed by atoms with Gasteiger partial charge >= 0.3 is 0 Å². The highest BCUT2D eigenvalue weighted by Gasteiger charge is 2.31. The molecule has 1 aliphatic rings. The number of amides is 1. The lowest BCUT2D eigenvalue weighted by Crippen LogP contribution is -2.24. The van der Waals surface area contributed by atoms with Crippen LogP contribution in [0.2, 0.25) is 5.02 Å². The first-order valence-corrected chi connectivity index (χ1v) is 12.2. The number of halogens is 1. The van der Waals surface area contributed by atoms with E-state index in [9.17, 15) is 9.59 Å². The fraction of sp³-hybridized carbons (Fsp3) is 0.192. The summed E-state index contributed by atoms with van der Waals surface area (Å²) in [7, 11) is 1.54. The average Bonchev–Trinajstić information content (AvgIpc) is 3.68. The summed E-state index contributed by atoms with van der Waals surface area (Å²) >= 11 is 7.53. The standard InChI is InChI=1S/C26H22ClN3O3S/c1-33-22-14-11-17(15-20(22)27)28-24(31)23(16-7-3-2-4-8-16)34-26-29-21-10-6-5-9-19(21)25(32)30(26)18-12-13-18/h2-11,14-15,18,23H,12-13H2,1H3,(H,28,31). The van der Waals surface area contributed by atoms with Crippen LogP contribution in [0.3, 0.4) is 0 Å². The molecule has 172 valence electrons. The van der Waals surface area contributed by atoms with Crippen molar-refractivity contribution in [2.24, 2.45) is 0 Å². The maximum absolute atomic E-state index is 13.5. The number of nitrogens with one attached hydrogen (secondary N) is 1. The third-order valence-corrected chi connectivity index (χ3v) is 7.19. The van der Waals surface area contributed by atoms with Crippen LogP contribution < -0.4 is 15.6 Å². The first kappa shape index (κ1) is 22.5. The number of hydrogen-bond acceptors (Lipinski definition) is 5. The van der Waals surface area contributed by atoms with Crippen molar-refractivity contribution >= 4 is 45.9 Å². The number of aromatic nitrogens is 2. The number of carbonyl (C=O) groups excluding carboxylic acids is 1. The van der Waals surface area contributed by atoms with E-state index in [4.69, 9.17) is 21.3 Å². The number of anilines is 1. The molecule has 1 unspecified atom stereocenters. The molecule has 1 atom stereocenters. The van der Waals surface area contributed by atoms with Crippen molar-refractivity contribution in [1.29, 1.82) is 0 Å². The summed E-state index contributed by atoms with van der Waals surface area (Å²) in [4.78, 5) is 31.6. The predicted molar refractivity (Wildman–Crippen MR) is 136 cm³/mol. The molecule has 1 aromatic heterocycles. The lowest BCUT2D eigenvalue weighted by Gasteiger charge is -2.19. The monoisotopic (exact) mass is 491 g/mol. The SMILES string of the molecule is COc1ccc(NC(=O)C(Sc2nc3ccccc3c(=O)n2C2CC2)c2ccccc2)cc1Cl. The number of para-hydroxylation sites is 1. The molecule has 0 aliphatic heterocycles. The smallest absolute Gasteiger partial charge is 0.262 e. The number of hydrogen-bond donors (Lipinski definition) is 1. The van der Waals surface area contributed by atoms with Gasteiger partial charge in [-0.3, -0.25) is 14.2 Å². The third-order valence-electron chi connectivity index (χ3n) is 5.67. The van der Waals surface area contributed by atoms with Gasteiger partial charge in [-0.25, -0.2) is 4.98 Å². The number of nitrogens with zero attached hydrogens (tertiary/aromatic N) is 2. The van der Waals surface area contributed by atoms with Gasteiger partial charge in [-0.15, -0.1) is 0 Å². The van der Waals surface area contributed by atoms with Gasteiger partial charge < -0.3 is 10.1 Å². The van der Waals surface area contributed by atoms with Crippen LogP contribution in [0.4, 0.5) is 5.69 Å². The Bertz CT molecular complexity index is 1420. The largest absolute Gasteiger partial charge is 0.495 e. The van der Waals surface area contributed by atoms with Crippen molar-refractivity contribution < 1.29 is 9.53 Å². The number of methoxy groups -OCH3 is 1. The number of carbonyl (C=O) groups is 1. The van der Waals surface area contributed by atoms with Crippen molar-refractivity contribution in [3.05, 3.63) is 93.7 Å². The molecule has 3 aromatic carbocycles. The van der Waals surface area contributed by atoms with Crippen LogP contribution in [-0.4, -0.2) is 22.6 Å². The summed E-state index contributed by atoms with van der Waals surface area (Å²) in [6.45, 7) is 0. The highest BCUT2D eigenvalue weighted by atomic mass is 35.5. The second-order valence-corrected chi connectivity index (χ2v) is 9.54. The fourth-order valence-corrected chi connectivity index (χ4v) is 5.25. The zero-order valence-corrected chi connectivity index (χ0v) is 20.0. The Balaban J connectivity index is 1.53. The molecule has 0 spiro atoms. The topological polar surface area (TPSA) is 73.2 Å². The maximum atomic E-state index is 13.5. The summed E-state index contributed by atoms with van der Waals surface area (Å²) in [5, 5.41) is 3.87. The van der Waals surface area contributed by atoms with Crippen molar-refractivity contribution in [2.45, 2.75) is 29.3 Å². The molecule has 0 saturated heterocycles. The highest BCUT2D eigenvalue weighted by molar-refractivity contribution is 8.00. The molecule has 1 fully saturated rings. The van der Waals surface area contributed by atoms with Gasteiger partial charge in [0.15, 0.2) is 5.16 Å². The molecule has 1 heterocycles. The molecule has 6 nitrogen and oxygen atoms in total. The highest BCUT2D eigenvalue weighted by Crippen LogP contribution is 2.41. The Morgan fingerprint density at radius 1 is 1.12 bits per heavy atom. The molecule has 1 saturated carbocycles. The number of ether oxygens (including phenoxy) is 1. The Morgan fingerprint density at radius 2 is 1.85 bits per heavy atom. The molecule has 34 heavy (non-hydrogen) atoms. The van der Waals surface area contributed by atoms with Gasteiger partial charge in [0.2, 0.25) is 5.91 Å². The molecule has 1 amide bonds. The van der Waals surface area contributed by atoms with E-state index in [2.05, 4.69) is 5.32 Å². The van der Waals surface area contributed by atoms with Crippen LogP contribution >= 0.6 is 23.4 Å². The Morgan fingerprint density at radius 3 is 2.56 bits per heavy atom. The summed E-state index contributed by atoms with van der Waals surface area (Å²) in [6, 6.07) is 22.0.